The van der Waals surface area contributed by atoms with Crippen LogP contribution in [0.15, 0.2) is 0 Å². The van der Waals surface area contributed by atoms with Crippen molar-refractivity contribution in [3.05, 3.63) is 0 Å². The summed E-state index contributed by atoms with van der Waals surface area (Å²) in [6.07, 6.45) is 1.26. The third kappa shape index (κ3) is 3.79. The van der Waals surface area contributed by atoms with Crippen molar-refractivity contribution in [2.24, 2.45) is 0 Å². The van der Waals surface area contributed by atoms with Crippen LogP contribution in [0.3, 0.4) is 0 Å². The van der Waals surface area contributed by atoms with Crippen LogP contribution in [0.5, 0.6) is 0 Å². The van der Waals surface area contributed by atoms with Crippen molar-refractivity contribution in [3.8, 4) is 0 Å². The van der Waals surface area contributed by atoms with Crippen molar-refractivity contribution in [1.82, 2.24) is 10.2 Å². The molecule has 14 heavy (non-hydrogen) atoms. The lowest BCUT2D eigenvalue weighted by Gasteiger charge is -2.38. The highest BCUT2D eigenvalue weighted by molar-refractivity contribution is 8.00. The van der Waals surface area contributed by atoms with Crippen molar-refractivity contribution in [2.45, 2.75) is 43.7 Å². The van der Waals surface area contributed by atoms with Crippen LogP contribution in [0, 0.1) is 0 Å². The van der Waals surface area contributed by atoms with E-state index in [-0.39, 0.29) is 0 Å². The molecule has 1 fully saturated rings. The molecule has 0 saturated carbocycles. The van der Waals surface area contributed by atoms with Gasteiger partial charge in [-0.15, -0.1) is 0 Å². The van der Waals surface area contributed by atoms with Gasteiger partial charge >= 0.3 is 0 Å². The van der Waals surface area contributed by atoms with E-state index in [1.807, 2.05) is 7.05 Å². The quantitative estimate of drug-likeness (QED) is 0.771. The molecule has 3 atom stereocenters. The van der Waals surface area contributed by atoms with Gasteiger partial charge in [-0.1, -0.05) is 13.8 Å². The van der Waals surface area contributed by atoms with Crippen LogP contribution in [-0.2, 0) is 0 Å². The second-order valence-corrected chi connectivity index (χ2v) is 6.33. The Labute approximate surface area is 92.8 Å². The Morgan fingerprint density at radius 3 is 2.43 bits per heavy atom. The van der Waals surface area contributed by atoms with E-state index >= 15 is 0 Å². The van der Waals surface area contributed by atoms with Crippen molar-refractivity contribution in [1.29, 1.82) is 0 Å². The second-order valence-electron chi connectivity index (χ2n) is 4.45. The van der Waals surface area contributed by atoms with Gasteiger partial charge in [-0.05, 0) is 26.9 Å². The van der Waals surface area contributed by atoms with E-state index in [2.05, 4.69) is 42.7 Å². The van der Waals surface area contributed by atoms with Gasteiger partial charge in [0.15, 0.2) is 0 Å². The molecule has 0 aliphatic carbocycles. The molecule has 84 valence electrons. The first kappa shape index (κ1) is 12.3. The van der Waals surface area contributed by atoms with Crippen molar-refractivity contribution < 1.29 is 0 Å². The first-order chi connectivity index (χ1) is 6.63. The molecule has 1 aliphatic rings. The largest absolute Gasteiger partial charge is 0.320 e. The minimum absolute atomic E-state index is 0.730. The summed E-state index contributed by atoms with van der Waals surface area (Å²) < 4.78 is 0. The number of hydrogen-bond donors (Lipinski definition) is 1. The van der Waals surface area contributed by atoms with E-state index in [4.69, 9.17) is 0 Å². The molecule has 0 aromatic heterocycles. The van der Waals surface area contributed by atoms with Gasteiger partial charge in [-0.25, -0.2) is 0 Å². The number of nitrogens with zero attached hydrogens (tertiary/aromatic N) is 1. The molecule has 0 radical (unpaired) electrons. The van der Waals surface area contributed by atoms with E-state index in [0.717, 1.165) is 23.1 Å². The predicted molar refractivity (Wildman–Crippen MR) is 66.1 cm³/mol. The van der Waals surface area contributed by atoms with Crippen molar-refractivity contribution in [3.63, 3.8) is 0 Å². The molecule has 1 heterocycles. The van der Waals surface area contributed by atoms with Gasteiger partial charge in [0.25, 0.3) is 0 Å². The van der Waals surface area contributed by atoms with Crippen LogP contribution in [0.25, 0.3) is 0 Å². The summed E-state index contributed by atoms with van der Waals surface area (Å²) in [6, 6.07) is 0.730. The van der Waals surface area contributed by atoms with E-state index in [0.29, 0.717) is 0 Å². The maximum Gasteiger partial charge on any atom is 0.0149 e. The Kier molecular flexibility index (Phi) is 5.28. The molecule has 3 heteroatoms. The molecule has 0 amide bonds. The van der Waals surface area contributed by atoms with Crippen molar-refractivity contribution >= 4 is 11.8 Å². The molecule has 0 aromatic rings. The van der Waals surface area contributed by atoms with Crippen LogP contribution in [0.4, 0.5) is 0 Å². The maximum absolute atomic E-state index is 3.23. The Bertz CT molecular complexity index is 153. The molecular weight excluding hydrogens is 192 g/mol. The van der Waals surface area contributed by atoms with Gasteiger partial charge in [0.2, 0.25) is 0 Å². The normalized spacial score (nSPS) is 31.7. The van der Waals surface area contributed by atoms with Gasteiger partial charge < -0.3 is 5.32 Å². The first-order valence-corrected chi connectivity index (χ1v) is 6.62. The Morgan fingerprint density at radius 2 is 1.93 bits per heavy atom. The first-order valence-electron chi connectivity index (χ1n) is 5.67. The summed E-state index contributed by atoms with van der Waals surface area (Å²) in [7, 11) is 2.03. The summed E-state index contributed by atoms with van der Waals surface area (Å²) in [4.78, 5) is 2.64. The molecule has 0 bridgehead atoms. The van der Waals surface area contributed by atoms with Crippen LogP contribution in [0.2, 0.25) is 0 Å². The van der Waals surface area contributed by atoms with Gasteiger partial charge in [-0.2, -0.15) is 11.8 Å². The van der Waals surface area contributed by atoms with Gasteiger partial charge in [0.1, 0.15) is 0 Å². The summed E-state index contributed by atoms with van der Waals surface area (Å²) in [5, 5.41) is 4.83. The van der Waals surface area contributed by atoms with Crippen LogP contribution < -0.4 is 5.32 Å². The molecule has 1 N–H and O–H groups in total. The third-order valence-corrected chi connectivity index (χ3v) is 4.11. The molecule has 1 rings (SSSR count). The van der Waals surface area contributed by atoms with Crippen LogP contribution in [0.1, 0.15) is 27.2 Å². The maximum atomic E-state index is 3.23. The smallest absolute Gasteiger partial charge is 0.0149 e. The second kappa shape index (κ2) is 5.99. The summed E-state index contributed by atoms with van der Waals surface area (Å²) in [5.41, 5.74) is 0. The fourth-order valence-corrected chi connectivity index (χ4v) is 3.46. The highest BCUT2D eigenvalue weighted by Gasteiger charge is 2.25. The molecular formula is C11H24N2S. The number of rotatable bonds is 4. The lowest BCUT2D eigenvalue weighted by molar-refractivity contribution is 0.197. The van der Waals surface area contributed by atoms with Gasteiger partial charge in [0, 0.05) is 29.6 Å². The van der Waals surface area contributed by atoms with E-state index in [9.17, 15) is 0 Å². The minimum Gasteiger partial charge on any atom is -0.320 e. The Hall–Kier alpha value is 0.270. The number of nitrogens with one attached hydrogen (secondary N) is 1. The summed E-state index contributed by atoms with van der Waals surface area (Å²) >= 11 is 2.13. The van der Waals surface area contributed by atoms with E-state index in [1.165, 1.54) is 19.5 Å². The molecule has 1 saturated heterocycles. The Morgan fingerprint density at radius 1 is 1.36 bits per heavy atom. The topological polar surface area (TPSA) is 15.3 Å². The fourth-order valence-electron chi connectivity index (χ4n) is 2.11. The van der Waals surface area contributed by atoms with E-state index < -0.39 is 0 Å². The standard InChI is InChI=1S/C11H24N2S/c1-9(5-6-12-4)13-7-10(2)14-11(3)8-13/h9-12H,5-8H2,1-4H3. The van der Waals surface area contributed by atoms with Gasteiger partial charge in [-0.3, -0.25) is 4.90 Å². The molecule has 1 aliphatic heterocycles. The fraction of sp³-hybridized carbons (Fsp3) is 1.00. The van der Waals surface area contributed by atoms with Crippen molar-refractivity contribution in [2.75, 3.05) is 26.7 Å². The molecule has 3 unspecified atom stereocenters. The SMILES string of the molecule is CNCCC(C)N1CC(C)SC(C)C1. The molecule has 0 spiro atoms. The third-order valence-electron chi connectivity index (χ3n) is 2.88. The average molecular weight is 216 g/mol. The highest BCUT2D eigenvalue weighted by Crippen LogP contribution is 2.26. The molecule has 2 nitrogen and oxygen atoms in total. The average Bonchev–Trinajstić information content (AvgIpc) is 2.12. The lowest BCUT2D eigenvalue weighted by Crippen LogP contribution is -2.45. The predicted octanol–water partition coefficient (Wildman–Crippen LogP) is 1.81. The Balaban J connectivity index is 2.34. The summed E-state index contributed by atoms with van der Waals surface area (Å²) in [5.74, 6) is 0. The number of hydrogen-bond acceptors (Lipinski definition) is 3. The monoisotopic (exact) mass is 216 g/mol. The lowest BCUT2D eigenvalue weighted by atomic mass is 10.1. The van der Waals surface area contributed by atoms with Gasteiger partial charge in [0.05, 0.1) is 0 Å². The molecule has 0 aromatic carbocycles. The van der Waals surface area contributed by atoms with Crippen LogP contribution >= 0.6 is 11.8 Å². The number of thioether (sulfide) groups is 1. The summed E-state index contributed by atoms with van der Waals surface area (Å²) in [6.45, 7) is 10.7. The highest BCUT2D eigenvalue weighted by atomic mass is 32.2. The zero-order valence-corrected chi connectivity index (χ0v) is 10.7. The van der Waals surface area contributed by atoms with Crippen LogP contribution in [-0.4, -0.2) is 48.1 Å². The minimum atomic E-state index is 0.730. The van der Waals surface area contributed by atoms with E-state index in [1.54, 1.807) is 0 Å². The zero-order valence-electron chi connectivity index (χ0n) is 9.92. The zero-order chi connectivity index (χ0) is 10.6.